The SMILES string of the molecule is O=C(N[C@H](CN1CCCCC1)c1ccccc1)c1cccc(C(F)(F)F)c1Cl. The van der Waals surface area contributed by atoms with Gasteiger partial charge < -0.3 is 10.2 Å². The zero-order chi connectivity index (χ0) is 20.1. The van der Waals surface area contributed by atoms with Crippen molar-refractivity contribution in [3.63, 3.8) is 0 Å². The van der Waals surface area contributed by atoms with Crippen LogP contribution in [0.3, 0.4) is 0 Å². The van der Waals surface area contributed by atoms with Gasteiger partial charge in [0.05, 0.1) is 22.2 Å². The van der Waals surface area contributed by atoms with Crippen molar-refractivity contribution in [2.24, 2.45) is 0 Å². The van der Waals surface area contributed by atoms with Crippen molar-refractivity contribution < 1.29 is 18.0 Å². The molecular formula is C21H22ClF3N2O. The summed E-state index contributed by atoms with van der Waals surface area (Å²) in [5.74, 6) is -0.609. The average Bonchev–Trinajstić information content (AvgIpc) is 2.68. The Morgan fingerprint density at radius 1 is 1.04 bits per heavy atom. The quantitative estimate of drug-likeness (QED) is 0.723. The molecule has 1 amide bonds. The number of nitrogens with one attached hydrogen (secondary N) is 1. The molecule has 0 unspecified atom stereocenters. The Balaban J connectivity index is 1.83. The summed E-state index contributed by atoms with van der Waals surface area (Å²) in [4.78, 5) is 15.1. The third-order valence-corrected chi connectivity index (χ3v) is 5.35. The molecule has 0 aromatic heterocycles. The van der Waals surface area contributed by atoms with Crippen molar-refractivity contribution in [2.45, 2.75) is 31.5 Å². The summed E-state index contributed by atoms with van der Waals surface area (Å²) in [6, 6.07) is 12.5. The van der Waals surface area contributed by atoms with Gasteiger partial charge in [-0.05, 0) is 43.6 Å². The number of carbonyl (C=O) groups excluding carboxylic acids is 1. The Kier molecular flexibility index (Phi) is 6.62. The third kappa shape index (κ3) is 5.06. The largest absolute Gasteiger partial charge is 0.417 e. The van der Waals surface area contributed by atoms with E-state index in [0.29, 0.717) is 6.54 Å². The van der Waals surface area contributed by atoms with E-state index in [1.807, 2.05) is 30.3 Å². The summed E-state index contributed by atoms with van der Waals surface area (Å²) >= 11 is 5.92. The van der Waals surface area contributed by atoms with Crippen LogP contribution in [0, 0.1) is 0 Å². The van der Waals surface area contributed by atoms with Crippen LogP contribution in [-0.2, 0) is 6.18 Å². The van der Waals surface area contributed by atoms with Gasteiger partial charge in [0.1, 0.15) is 0 Å². The molecular weight excluding hydrogens is 389 g/mol. The fourth-order valence-electron chi connectivity index (χ4n) is 3.48. The molecule has 0 bridgehead atoms. The van der Waals surface area contributed by atoms with E-state index in [2.05, 4.69) is 10.2 Å². The number of piperidine rings is 1. The van der Waals surface area contributed by atoms with Crippen molar-refractivity contribution in [3.05, 3.63) is 70.2 Å². The lowest BCUT2D eigenvalue weighted by molar-refractivity contribution is -0.137. The molecule has 1 aliphatic rings. The lowest BCUT2D eigenvalue weighted by Crippen LogP contribution is -2.40. The predicted octanol–water partition coefficient (Wildman–Crippen LogP) is 5.32. The van der Waals surface area contributed by atoms with Gasteiger partial charge in [-0.25, -0.2) is 0 Å². The highest BCUT2D eigenvalue weighted by molar-refractivity contribution is 6.34. The van der Waals surface area contributed by atoms with E-state index in [1.54, 1.807) is 0 Å². The highest BCUT2D eigenvalue weighted by atomic mass is 35.5. The maximum absolute atomic E-state index is 13.1. The van der Waals surface area contributed by atoms with E-state index in [0.717, 1.165) is 37.6 Å². The molecule has 0 aliphatic carbocycles. The molecule has 1 atom stereocenters. The van der Waals surface area contributed by atoms with E-state index in [9.17, 15) is 18.0 Å². The first-order chi connectivity index (χ1) is 13.4. The summed E-state index contributed by atoms with van der Waals surface area (Å²) in [7, 11) is 0. The minimum Gasteiger partial charge on any atom is -0.344 e. The molecule has 2 aromatic rings. The smallest absolute Gasteiger partial charge is 0.344 e. The second-order valence-corrected chi connectivity index (χ2v) is 7.34. The van der Waals surface area contributed by atoms with E-state index >= 15 is 0 Å². The fourth-order valence-corrected chi connectivity index (χ4v) is 3.80. The topological polar surface area (TPSA) is 32.3 Å². The highest BCUT2D eigenvalue weighted by Gasteiger charge is 2.35. The highest BCUT2D eigenvalue weighted by Crippen LogP contribution is 2.36. The Labute approximate surface area is 167 Å². The maximum atomic E-state index is 13.1. The second-order valence-electron chi connectivity index (χ2n) is 6.96. The summed E-state index contributed by atoms with van der Waals surface area (Å²) in [6.07, 6.45) is -1.21. The summed E-state index contributed by atoms with van der Waals surface area (Å²) in [5.41, 5.74) is -0.269. The van der Waals surface area contributed by atoms with Crippen molar-refractivity contribution in [1.82, 2.24) is 10.2 Å². The summed E-state index contributed by atoms with van der Waals surface area (Å²) in [6.45, 7) is 2.50. The van der Waals surface area contributed by atoms with Gasteiger partial charge in [0, 0.05) is 6.54 Å². The van der Waals surface area contributed by atoms with Gasteiger partial charge in [-0.15, -0.1) is 0 Å². The normalized spacial score (nSPS) is 16.6. The number of hydrogen-bond acceptors (Lipinski definition) is 2. The molecule has 0 saturated carbocycles. The number of carbonyl (C=O) groups is 1. The lowest BCUT2D eigenvalue weighted by Gasteiger charge is -2.31. The number of likely N-dealkylation sites (tertiary alicyclic amines) is 1. The maximum Gasteiger partial charge on any atom is 0.417 e. The number of hydrogen-bond donors (Lipinski definition) is 1. The van der Waals surface area contributed by atoms with Crippen LogP contribution >= 0.6 is 11.6 Å². The van der Waals surface area contributed by atoms with E-state index < -0.39 is 22.7 Å². The number of alkyl halides is 3. The minimum atomic E-state index is -4.61. The van der Waals surface area contributed by atoms with Crippen LogP contribution in [0.5, 0.6) is 0 Å². The summed E-state index contributed by atoms with van der Waals surface area (Å²) in [5, 5.41) is 2.31. The average molecular weight is 411 g/mol. The lowest BCUT2D eigenvalue weighted by atomic mass is 10.0. The third-order valence-electron chi connectivity index (χ3n) is 4.95. The minimum absolute atomic E-state index is 0.170. The zero-order valence-electron chi connectivity index (χ0n) is 15.3. The second kappa shape index (κ2) is 8.97. The Bertz CT molecular complexity index is 805. The molecule has 0 spiro atoms. The van der Waals surface area contributed by atoms with Crippen LogP contribution in [-0.4, -0.2) is 30.4 Å². The van der Waals surface area contributed by atoms with Crippen LogP contribution < -0.4 is 5.32 Å². The van der Waals surface area contributed by atoms with Gasteiger partial charge in [0.25, 0.3) is 5.91 Å². The molecule has 1 fully saturated rings. The van der Waals surface area contributed by atoms with Crippen molar-refractivity contribution >= 4 is 17.5 Å². The molecule has 7 heteroatoms. The van der Waals surface area contributed by atoms with E-state index in [-0.39, 0.29) is 11.6 Å². The molecule has 3 nitrogen and oxygen atoms in total. The molecule has 1 aliphatic heterocycles. The van der Waals surface area contributed by atoms with Crippen LogP contribution in [0.25, 0.3) is 0 Å². The van der Waals surface area contributed by atoms with Crippen LogP contribution in [0.2, 0.25) is 5.02 Å². The van der Waals surface area contributed by atoms with Crippen molar-refractivity contribution in [1.29, 1.82) is 0 Å². The van der Waals surface area contributed by atoms with Crippen molar-refractivity contribution in [2.75, 3.05) is 19.6 Å². The standard InChI is InChI=1S/C21H22ClF3N2O/c22-19-16(10-7-11-17(19)21(23,24)25)20(28)26-18(15-8-3-1-4-9-15)14-27-12-5-2-6-13-27/h1,3-4,7-11,18H,2,5-6,12-14H2,(H,26,28)/t18-/m1/s1. The van der Waals surface area contributed by atoms with E-state index in [1.165, 1.54) is 18.6 Å². The molecule has 28 heavy (non-hydrogen) atoms. The number of rotatable bonds is 5. The van der Waals surface area contributed by atoms with Gasteiger partial charge in [-0.3, -0.25) is 4.79 Å². The first kappa shape index (κ1) is 20.7. The molecule has 1 N–H and O–H groups in total. The Morgan fingerprint density at radius 3 is 2.36 bits per heavy atom. The first-order valence-electron chi connectivity index (χ1n) is 9.30. The number of benzene rings is 2. The predicted molar refractivity (Wildman–Crippen MR) is 103 cm³/mol. The van der Waals surface area contributed by atoms with E-state index in [4.69, 9.17) is 11.6 Å². The van der Waals surface area contributed by atoms with Crippen LogP contribution in [0.15, 0.2) is 48.5 Å². The number of nitrogens with zero attached hydrogens (tertiary/aromatic N) is 1. The monoisotopic (exact) mass is 410 g/mol. The number of halogens is 4. The molecule has 1 saturated heterocycles. The first-order valence-corrected chi connectivity index (χ1v) is 9.68. The van der Waals surface area contributed by atoms with Crippen LogP contribution in [0.1, 0.15) is 46.8 Å². The van der Waals surface area contributed by atoms with Gasteiger partial charge >= 0.3 is 6.18 Å². The molecule has 2 aromatic carbocycles. The molecule has 150 valence electrons. The Hall–Kier alpha value is -2.05. The van der Waals surface area contributed by atoms with Crippen LogP contribution in [0.4, 0.5) is 13.2 Å². The molecule has 3 rings (SSSR count). The van der Waals surface area contributed by atoms with Gasteiger partial charge in [0.15, 0.2) is 0 Å². The summed E-state index contributed by atoms with van der Waals surface area (Å²) < 4.78 is 39.3. The van der Waals surface area contributed by atoms with Gasteiger partial charge in [0.2, 0.25) is 0 Å². The van der Waals surface area contributed by atoms with Gasteiger partial charge in [-0.2, -0.15) is 13.2 Å². The molecule has 0 radical (unpaired) electrons. The zero-order valence-corrected chi connectivity index (χ0v) is 16.1. The van der Waals surface area contributed by atoms with Crippen molar-refractivity contribution in [3.8, 4) is 0 Å². The Morgan fingerprint density at radius 2 is 1.71 bits per heavy atom. The number of amides is 1. The van der Waals surface area contributed by atoms with Gasteiger partial charge in [-0.1, -0.05) is 54.4 Å². The molecule has 1 heterocycles. The fraction of sp³-hybridized carbons (Fsp3) is 0.381.